The smallest absolute Gasteiger partial charge is 0.166 e. The van der Waals surface area contributed by atoms with E-state index in [0.717, 1.165) is 50.8 Å². The lowest BCUT2D eigenvalue weighted by Gasteiger charge is -2.56. The minimum atomic E-state index is -0.148. The number of rotatable bonds is 1. The van der Waals surface area contributed by atoms with Crippen LogP contribution in [0.3, 0.4) is 0 Å². The molecule has 3 heteroatoms. The summed E-state index contributed by atoms with van der Waals surface area (Å²) in [7, 11) is 0. The van der Waals surface area contributed by atoms with E-state index in [4.69, 9.17) is 0 Å². The summed E-state index contributed by atoms with van der Waals surface area (Å²) in [5, 5.41) is 0. The molecule has 4 aliphatic carbocycles. The molecule has 3 nitrogen and oxygen atoms in total. The van der Waals surface area contributed by atoms with Crippen LogP contribution >= 0.6 is 0 Å². The predicted octanol–water partition coefficient (Wildman–Crippen LogP) is 5.07. The Bertz CT molecular complexity index is 759. The summed E-state index contributed by atoms with van der Waals surface area (Å²) in [5.41, 5.74) is 2.58. The normalized spacial score (nSPS) is 44.8. The van der Waals surface area contributed by atoms with Gasteiger partial charge in [-0.2, -0.15) is 0 Å². The van der Waals surface area contributed by atoms with Crippen LogP contribution in [-0.4, -0.2) is 29.6 Å². The Morgan fingerprint density at radius 3 is 2.54 bits per heavy atom. The van der Waals surface area contributed by atoms with Crippen LogP contribution in [0.15, 0.2) is 23.4 Å². The fourth-order valence-corrected chi connectivity index (χ4v) is 7.61. The van der Waals surface area contributed by atoms with Gasteiger partial charge in [-0.3, -0.25) is 9.59 Å². The van der Waals surface area contributed by atoms with Crippen molar-refractivity contribution in [2.24, 2.45) is 28.6 Å². The summed E-state index contributed by atoms with van der Waals surface area (Å²) in [5.74, 6) is 2.58. The standard InChI is InChI=1S/C25H35NO2/c1-24-10-8-19(27)15-18(24)6-7-20-21(24)9-11-25(2)22(20)14-17(23(25)28)16-26-12-4-3-5-13-26/h15-16,20-22H,3-14H2,1-2H3/b17-16+/t20-,21+,22+,24+,25+/m1/s1. The van der Waals surface area contributed by atoms with Gasteiger partial charge in [-0.05, 0) is 87.0 Å². The Morgan fingerprint density at radius 1 is 0.964 bits per heavy atom. The summed E-state index contributed by atoms with van der Waals surface area (Å²) >= 11 is 0. The Labute approximate surface area is 169 Å². The Kier molecular flexibility index (Phi) is 4.37. The van der Waals surface area contributed by atoms with Gasteiger partial charge in [-0.1, -0.05) is 19.4 Å². The number of carbonyl (C=O) groups excluding carboxylic acids is 2. The topological polar surface area (TPSA) is 37.4 Å². The molecule has 0 amide bonds. The molecule has 1 aliphatic heterocycles. The van der Waals surface area contributed by atoms with Gasteiger partial charge in [0.1, 0.15) is 0 Å². The number of hydrogen-bond acceptors (Lipinski definition) is 3. The van der Waals surface area contributed by atoms with E-state index in [1.165, 1.54) is 31.3 Å². The molecule has 4 fully saturated rings. The molecule has 5 atom stereocenters. The molecular formula is C25H35NO2. The molecule has 0 aromatic rings. The molecule has 1 saturated heterocycles. The monoisotopic (exact) mass is 381 g/mol. The molecule has 5 aliphatic rings. The first-order valence-corrected chi connectivity index (χ1v) is 11.7. The fourth-order valence-electron chi connectivity index (χ4n) is 7.61. The van der Waals surface area contributed by atoms with Crippen LogP contribution in [0.4, 0.5) is 0 Å². The molecule has 152 valence electrons. The second-order valence-corrected chi connectivity index (χ2v) is 10.7. The second kappa shape index (κ2) is 6.57. The van der Waals surface area contributed by atoms with Gasteiger partial charge in [0.05, 0.1) is 0 Å². The number of allylic oxidation sites excluding steroid dienone is 2. The van der Waals surface area contributed by atoms with Gasteiger partial charge in [-0.15, -0.1) is 0 Å². The van der Waals surface area contributed by atoms with Gasteiger partial charge >= 0.3 is 0 Å². The predicted molar refractivity (Wildman–Crippen MR) is 111 cm³/mol. The molecule has 0 radical (unpaired) electrons. The zero-order chi connectivity index (χ0) is 19.5. The number of hydrogen-bond donors (Lipinski definition) is 0. The van der Waals surface area contributed by atoms with E-state index in [2.05, 4.69) is 24.9 Å². The van der Waals surface area contributed by atoms with Gasteiger partial charge in [0.25, 0.3) is 0 Å². The van der Waals surface area contributed by atoms with Crippen molar-refractivity contribution in [2.75, 3.05) is 13.1 Å². The highest BCUT2D eigenvalue weighted by Gasteiger charge is 2.60. The molecule has 1 heterocycles. The van der Waals surface area contributed by atoms with Crippen LogP contribution < -0.4 is 0 Å². The Morgan fingerprint density at radius 2 is 1.75 bits per heavy atom. The van der Waals surface area contributed by atoms with Crippen molar-refractivity contribution in [3.8, 4) is 0 Å². The summed E-state index contributed by atoms with van der Waals surface area (Å²) in [4.78, 5) is 27.9. The average Bonchev–Trinajstić information content (AvgIpc) is 2.94. The summed E-state index contributed by atoms with van der Waals surface area (Å²) in [6.45, 7) is 6.92. The largest absolute Gasteiger partial charge is 0.377 e. The van der Waals surface area contributed by atoms with Crippen LogP contribution in [0, 0.1) is 28.6 Å². The SMILES string of the molecule is C[C@]12CCC(=O)C=C1CC[C@@H]1[C@@H]2CC[C@]2(C)C(=O)/C(=C/N3CCCCC3)C[C@@H]12. The summed E-state index contributed by atoms with van der Waals surface area (Å²) in [6.07, 6.45) is 15.2. The maximum atomic E-state index is 13.5. The molecule has 0 unspecified atom stereocenters. The van der Waals surface area contributed by atoms with Crippen LogP contribution in [0.1, 0.15) is 78.1 Å². The third kappa shape index (κ3) is 2.68. The zero-order valence-electron chi connectivity index (χ0n) is 17.6. The van der Waals surface area contributed by atoms with E-state index in [1.807, 2.05) is 6.08 Å². The fraction of sp³-hybridized carbons (Fsp3) is 0.760. The van der Waals surface area contributed by atoms with E-state index in [0.29, 0.717) is 35.7 Å². The number of Topliss-reactive ketones (excluding diaryl/α,β-unsaturated/α-hetero) is 1. The minimum absolute atomic E-state index is 0.148. The van der Waals surface area contributed by atoms with Crippen molar-refractivity contribution >= 4 is 11.6 Å². The molecule has 0 aromatic heterocycles. The number of nitrogens with zero attached hydrogens (tertiary/aromatic N) is 1. The maximum Gasteiger partial charge on any atom is 0.166 e. The van der Waals surface area contributed by atoms with Crippen LogP contribution in [-0.2, 0) is 9.59 Å². The molecule has 0 spiro atoms. The zero-order valence-corrected chi connectivity index (χ0v) is 17.6. The lowest BCUT2D eigenvalue weighted by molar-refractivity contribution is -0.130. The Hall–Kier alpha value is -1.38. The Balaban J connectivity index is 1.43. The number of ketones is 2. The number of piperidine rings is 1. The first-order valence-electron chi connectivity index (χ1n) is 11.7. The van der Waals surface area contributed by atoms with Gasteiger partial charge in [0.15, 0.2) is 11.6 Å². The van der Waals surface area contributed by atoms with Crippen molar-refractivity contribution in [3.63, 3.8) is 0 Å². The van der Waals surface area contributed by atoms with Crippen molar-refractivity contribution in [1.82, 2.24) is 4.90 Å². The van der Waals surface area contributed by atoms with Crippen LogP contribution in [0.2, 0.25) is 0 Å². The van der Waals surface area contributed by atoms with Crippen LogP contribution in [0.25, 0.3) is 0 Å². The van der Waals surface area contributed by atoms with E-state index >= 15 is 0 Å². The molecule has 28 heavy (non-hydrogen) atoms. The second-order valence-electron chi connectivity index (χ2n) is 10.7. The van der Waals surface area contributed by atoms with Crippen molar-refractivity contribution < 1.29 is 9.59 Å². The number of likely N-dealkylation sites (tertiary alicyclic amines) is 1. The molecule has 0 aromatic carbocycles. The van der Waals surface area contributed by atoms with Gasteiger partial charge in [-0.25, -0.2) is 0 Å². The van der Waals surface area contributed by atoms with Crippen molar-refractivity contribution in [2.45, 2.75) is 78.1 Å². The van der Waals surface area contributed by atoms with Crippen LogP contribution in [0.5, 0.6) is 0 Å². The summed E-state index contributed by atoms with van der Waals surface area (Å²) in [6, 6.07) is 0. The minimum Gasteiger partial charge on any atom is -0.377 e. The van der Waals surface area contributed by atoms with Gasteiger partial charge in [0.2, 0.25) is 0 Å². The first kappa shape index (κ1) is 18.6. The van der Waals surface area contributed by atoms with Crippen molar-refractivity contribution in [1.29, 1.82) is 0 Å². The van der Waals surface area contributed by atoms with Gasteiger partial charge < -0.3 is 4.90 Å². The number of fused-ring (bicyclic) bond motifs is 5. The van der Waals surface area contributed by atoms with E-state index in [9.17, 15) is 9.59 Å². The van der Waals surface area contributed by atoms with Gasteiger partial charge in [0, 0.05) is 36.7 Å². The number of carbonyl (C=O) groups is 2. The van der Waals surface area contributed by atoms with Crippen molar-refractivity contribution in [3.05, 3.63) is 23.4 Å². The molecule has 3 saturated carbocycles. The highest BCUT2D eigenvalue weighted by Crippen LogP contribution is 2.65. The summed E-state index contributed by atoms with van der Waals surface area (Å²) < 4.78 is 0. The molecule has 0 N–H and O–H groups in total. The maximum absolute atomic E-state index is 13.5. The molecule has 0 bridgehead atoms. The van der Waals surface area contributed by atoms with E-state index in [-0.39, 0.29) is 10.8 Å². The third-order valence-corrected chi connectivity index (χ3v) is 9.33. The highest BCUT2D eigenvalue weighted by atomic mass is 16.1. The molecule has 5 rings (SSSR count). The molecular weight excluding hydrogens is 346 g/mol. The quantitative estimate of drug-likeness (QED) is 0.595. The van der Waals surface area contributed by atoms with E-state index in [1.54, 1.807) is 0 Å². The third-order valence-electron chi connectivity index (χ3n) is 9.33. The highest BCUT2D eigenvalue weighted by molar-refractivity contribution is 6.02. The first-order chi connectivity index (χ1) is 13.4. The lowest BCUT2D eigenvalue weighted by atomic mass is 9.47. The lowest BCUT2D eigenvalue weighted by Crippen LogP contribution is -2.50. The van der Waals surface area contributed by atoms with E-state index < -0.39 is 0 Å². The average molecular weight is 382 g/mol.